The van der Waals surface area contributed by atoms with E-state index in [1.165, 1.54) is 0 Å². The Bertz CT molecular complexity index is 766. The first-order valence-electron chi connectivity index (χ1n) is 11.5. The number of rotatable bonds is 3. The van der Waals surface area contributed by atoms with E-state index in [4.69, 9.17) is 0 Å². The lowest BCUT2D eigenvalue weighted by Crippen LogP contribution is -2.54. The fraction of sp³-hybridized carbons (Fsp3) is 0.870. The molecule has 4 saturated carbocycles. The van der Waals surface area contributed by atoms with Crippen LogP contribution in [0.25, 0.3) is 0 Å². The van der Waals surface area contributed by atoms with Gasteiger partial charge in [-0.2, -0.15) is 0 Å². The predicted molar refractivity (Wildman–Crippen MR) is 107 cm³/mol. The van der Waals surface area contributed by atoms with Crippen molar-refractivity contribution >= 4 is 5.78 Å². The molecular formula is C23H34FN3O2. The first-order valence-corrected chi connectivity index (χ1v) is 11.5. The number of ketones is 1. The zero-order chi connectivity index (χ0) is 20.4. The lowest BCUT2D eigenvalue weighted by atomic mass is 9.48. The smallest absolute Gasteiger partial charge is 0.157 e. The average Bonchev–Trinajstić information content (AvgIpc) is 3.28. The van der Waals surface area contributed by atoms with Gasteiger partial charge >= 0.3 is 0 Å². The molecule has 1 heterocycles. The number of alkyl halides is 1. The fourth-order valence-electron chi connectivity index (χ4n) is 8.12. The Hall–Kier alpha value is -1.30. The van der Waals surface area contributed by atoms with E-state index in [0.29, 0.717) is 43.1 Å². The van der Waals surface area contributed by atoms with Crippen LogP contribution in [0.15, 0.2) is 12.4 Å². The van der Waals surface area contributed by atoms with Crippen molar-refractivity contribution in [3.63, 3.8) is 0 Å². The summed E-state index contributed by atoms with van der Waals surface area (Å²) >= 11 is 0. The van der Waals surface area contributed by atoms with Gasteiger partial charge in [0.15, 0.2) is 5.78 Å². The van der Waals surface area contributed by atoms with Crippen molar-refractivity contribution in [2.24, 2.45) is 40.9 Å². The molecule has 29 heavy (non-hydrogen) atoms. The minimum absolute atomic E-state index is 0.00838. The second kappa shape index (κ2) is 6.86. The quantitative estimate of drug-likeness (QED) is 0.833. The van der Waals surface area contributed by atoms with Crippen LogP contribution in [-0.2, 0) is 11.3 Å². The fourth-order valence-corrected chi connectivity index (χ4v) is 8.12. The van der Waals surface area contributed by atoms with Gasteiger partial charge in [-0.25, -0.2) is 9.07 Å². The van der Waals surface area contributed by atoms with Gasteiger partial charge in [0, 0.05) is 12.1 Å². The number of halogens is 1. The van der Waals surface area contributed by atoms with Crippen LogP contribution in [-0.4, -0.2) is 37.7 Å². The van der Waals surface area contributed by atoms with Crippen molar-refractivity contribution in [1.29, 1.82) is 0 Å². The molecular weight excluding hydrogens is 369 g/mol. The van der Waals surface area contributed by atoms with Crippen LogP contribution >= 0.6 is 0 Å². The molecule has 5 rings (SSSR count). The maximum absolute atomic E-state index is 15.3. The summed E-state index contributed by atoms with van der Waals surface area (Å²) in [6.45, 7) is 4.48. The van der Waals surface area contributed by atoms with Crippen LogP contribution in [0, 0.1) is 40.9 Å². The number of aliphatic hydroxyl groups is 1. The van der Waals surface area contributed by atoms with Gasteiger partial charge in [-0.1, -0.05) is 12.1 Å². The van der Waals surface area contributed by atoms with Crippen LogP contribution in [0.5, 0.6) is 0 Å². The SMILES string of the molecule is C[C@@]1(O)CC[C@H]2[C@H](C1)[C@H](F)CC1[C@@H]2CC[C@]2(C)[C@@H](C(=O)Cn3ccnn3)CC[C@@H]12. The van der Waals surface area contributed by atoms with Crippen molar-refractivity contribution in [3.8, 4) is 0 Å². The molecule has 0 saturated heterocycles. The summed E-state index contributed by atoms with van der Waals surface area (Å²) in [6.07, 6.45) is 9.71. The third kappa shape index (κ3) is 3.17. The number of nitrogens with zero attached hydrogens (tertiary/aromatic N) is 3. The van der Waals surface area contributed by atoms with E-state index >= 15 is 4.39 Å². The molecule has 1 unspecified atom stereocenters. The van der Waals surface area contributed by atoms with Crippen LogP contribution in [0.4, 0.5) is 4.39 Å². The highest BCUT2D eigenvalue weighted by Crippen LogP contribution is 2.65. The minimum Gasteiger partial charge on any atom is -0.390 e. The molecule has 4 aliphatic rings. The number of fused-ring (bicyclic) bond motifs is 5. The van der Waals surface area contributed by atoms with Crippen LogP contribution in [0.1, 0.15) is 65.2 Å². The Kier molecular flexibility index (Phi) is 4.65. The third-order valence-electron chi connectivity index (χ3n) is 9.42. The monoisotopic (exact) mass is 403 g/mol. The molecule has 6 heteroatoms. The molecule has 9 atom stereocenters. The number of hydrogen-bond acceptors (Lipinski definition) is 4. The van der Waals surface area contributed by atoms with E-state index in [1.54, 1.807) is 17.1 Å². The van der Waals surface area contributed by atoms with Crippen LogP contribution in [0.3, 0.4) is 0 Å². The lowest BCUT2D eigenvalue weighted by Gasteiger charge is -2.57. The molecule has 0 amide bonds. The third-order valence-corrected chi connectivity index (χ3v) is 9.42. The Labute approximate surface area is 172 Å². The lowest BCUT2D eigenvalue weighted by molar-refractivity contribution is -0.139. The molecule has 0 spiro atoms. The molecule has 0 aliphatic heterocycles. The molecule has 4 aliphatic carbocycles. The van der Waals surface area contributed by atoms with Gasteiger partial charge < -0.3 is 5.11 Å². The molecule has 4 fully saturated rings. The van der Waals surface area contributed by atoms with Gasteiger partial charge in [-0.15, -0.1) is 5.10 Å². The summed E-state index contributed by atoms with van der Waals surface area (Å²) in [6, 6.07) is 0. The number of hydrogen-bond donors (Lipinski definition) is 1. The number of carbonyl (C=O) groups excluding carboxylic acids is 1. The Balaban J connectivity index is 1.35. The molecule has 160 valence electrons. The summed E-state index contributed by atoms with van der Waals surface area (Å²) in [7, 11) is 0. The van der Waals surface area contributed by atoms with Gasteiger partial charge in [0.25, 0.3) is 0 Å². The first-order chi connectivity index (χ1) is 13.8. The van der Waals surface area contributed by atoms with Crippen molar-refractivity contribution in [2.75, 3.05) is 0 Å². The van der Waals surface area contributed by atoms with E-state index in [9.17, 15) is 9.90 Å². The first kappa shape index (κ1) is 19.7. The molecule has 5 nitrogen and oxygen atoms in total. The second-order valence-electron chi connectivity index (χ2n) is 11.0. The average molecular weight is 404 g/mol. The van der Waals surface area contributed by atoms with Gasteiger partial charge in [-0.3, -0.25) is 4.79 Å². The maximum Gasteiger partial charge on any atom is 0.157 e. The molecule has 0 bridgehead atoms. The molecule has 1 aromatic rings. The summed E-state index contributed by atoms with van der Waals surface area (Å²) < 4.78 is 17.0. The van der Waals surface area contributed by atoms with Gasteiger partial charge in [0.2, 0.25) is 0 Å². The largest absolute Gasteiger partial charge is 0.390 e. The number of aromatic nitrogens is 3. The summed E-state index contributed by atoms with van der Waals surface area (Å²) in [4.78, 5) is 13.1. The zero-order valence-electron chi connectivity index (χ0n) is 17.6. The van der Waals surface area contributed by atoms with Crippen molar-refractivity contribution in [3.05, 3.63) is 12.4 Å². The molecule has 1 N–H and O–H groups in total. The second-order valence-corrected chi connectivity index (χ2v) is 11.0. The van der Waals surface area contributed by atoms with Crippen LogP contribution in [0.2, 0.25) is 0 Å². The van der Waals surface area contributed by atoms with Crippen molar-refractivity contribution in [1.82, 2.24) is 15.0 Å². The van der Waals surface area contributed by atoms with E-state index in [1.807, 2.05) is 6.92 Å². The van der Waals surface area contributed by atoms with Gasteiger partial charge in [0.1, 0.15) is 12.7 Å². The highest BCUT2D eigenvalue weighted by Gasteiger charge is 2.60. The van der Waals surface area contributed by atoms with Gasteiger partial charge in [-0.05, 0) is 93.3 Å². The highest BCUT2D eigenvalue weighted by molar-refractivity contribution is 5.82. The number of Topliss-reactive ketones (excluding diaryl/α,β-unsaturated/α-hetero) is 1. The predicted octanol–water partition coefficient (Wildman–Crippen LogP) is 3.82. The van der Waals surface area contributed by atoms with E-state index in [0.717, 1.165) is 38.5 Å². The normalized spacial score (nSPS) is 49.2. The molecule has 0 radical (unpaired) electrons. The zero-order valence-corrected chi connectivity index (χ0v) is 17.6. The van der Waals surface area contributed by atoms with E-state index in [2.05, 4.69) is 17.2 Å². The topological polar surface area (TPSA) is 68.0 Å². The standard InChI is InChI=1S/C23H34FN3O2/c1-22(29)7-5-15-14-6-8-23(2)18(16(14)11-20(24)17(15)12-22)3-4-19(23)21(28)13-27-10-9-25-26-27/h9-10,14-20,29H,3-8,11-13H2,1-2H3/t14-,15-,16?,17+,18+,19-,20-,22-,23+/m1/s1. The van der Waals surface area contributed by atoms with Crippen molar-refractivity contribution < 1.29 is 14.3 Å². The van der Waals surface area contributed by atoms with E-state index < -0.39 is 11.8 Å². The Morgan fingerprint density at radius 3 is 2.66 bits per heavy atom. The van der Waals surface area contributed by atoms with E-state index in [-0.39, 0.29) is 23.0 Å². The number of carbonyl (C=O) groups is 1. The molecule has 1 aromatic heterocycles. The Morgan fingerprint density at radius 1 is 1.14 bits per heavy atom. The summed E-state index contributed by atoms with van der Waals surface area (Å²) in [5.74, 6) is 2.18. The Morgan fingerprint density at radius 2 is 1.90 bits per heavy atom. The minimum atomic E-state index is -0.805. The van der Waals surface area contributed by atoms with Crippen LogP contribution < -0.4 is 0 Å². The van der Waals surface area contributed by atoms with Gasteiger partial charge in [0.05, 0.1) is 11.8 Å². The highest BCUT2D eigenvalue weighted by atomic mass is 19.1. The molecule has 0 aromatic carbocycles. The maximum atomic E-state index is 15.3. The van der Waals surface area contributed by atoms with Crippen molar-refractivity contribution in [2.45, 2.75) is 83.5 Å². The summed E-state index contributed by atoms with van der Waals surface area (Å²) in [5.41, 5.74) is -0.709. The summed E-state index contributed by atoms with van der Waals surface area (Å²) in [5, 5.41) is 18.3.